The minimum atomic E-state index is -4.23. The second-order valence-corrected chi connectivity index (χ2v) is 5.38. The zero-order chi connectivity index (χ0) is 18.7. The molecule has 140 valence electrons. The number of alkyl halides is 3. The van der Waals surface area contributed by atoms with E-state index in [0.29, 0.717) is 19.6 Å². The molecular weight excluding hydrogens is 333 g/mol. The van der Waals surface area contributed by atoms with E-state index in [1.165, 1.54) is 0 Å². The van der Waals surface area contributed by atoms with Crippen LogP contribution < -0.4 is 10.6 Å². The third kappa shape index (κ3) is 8.97. The van der Waals surface area contributed by atoms with Gasteiger partial charge in [0.1, 0.15) is 6.54 Å². The summed E-state index contributed by atoms with van der Waals surface area (Å²) in [5, 5.41) is 5.42. The predicted octanol–water partition coefficient (Wildman–Crippen LogP) is 2.54. The fourth-order valence-corrected chi connectivity index (χ4v) is 2.09. The van der Waals surface area contributed by atoms with Crippen LogP contribution in [0, 0.1) is 0 Å². The molecule has 0 aromatic heterocycles. The Hall–Kier alpha value is -2.25. The SMILES string of the molecule is CCNC(=NCC(=O)N(CC)Cc1ccccc1)NCCC(F)(F)F. The Morgan fingerprint density at radius 2 is 1.84 bits per heavy atom. The van der Waals surface area contributed by atoms with E-state index in [0.717, 1.165) is 5.56 Å². The fraction of sp³-hybridized carbons (Fsp3) is 0.529. The molecule has 0 aliphatic rings. The molecule has 0 heterocycles. The van der Waals surface area contributed by atoms with Crippen LogP contribution in [0.2, 0.25) is 0 Å². The predicted molar refractivity (Wildman–Crippen MR) is 92.2 cm³/mol. The van der Waals surface area contributed by atoms with Gasteiger partial charge in [0.25, 0.3) is 0 Å². The molecule has 0 radical (unpaired) electrons. The minimum absolute atomic E-state index is 0.123. The van der Waals surface area contributed by atoms with Crippen molar-refractivity contribution in [3.8, 4) is 0 Å². The summed E-state index contributed by atoms with van der Waals surface area (Å²) in [6, 6.07) is 9.57. The van der Waals surface area contributed by atoms with Crippen LogP contribution in [0.15, 0.2) is 35.3 Å². The van der Waals surface area contributed by atoms with Crippen molar-refractivity contribution in [3.63, 3.8) is 0 Å². The first-order chi connectivity index (χ1) is 11.9. The molecule has 25 heavy (non-hydrogen) atoms. The topological polar surface area (TPSA) is 56.7 Å². The van der Waals surface area contributed by atoms with Gasteiger partial charge in [0.05, 0.1) is 6.42 Å². The summed E-state index contributed by atoms with van der Waals surface area (Å²) in [7, 11) is 0. The molecule has 0 fully saturated rings. The highest BCUT2D eigenvalue weighted by Crippen LogP contribution is 2.18. The molecule has 0 aliphatic carbocycles. The van der Waals surface area contributed by atoms with Crippen LogP contribution in [0.1, 0.15) is 25.8 Å². The van der Waals surface area contributed by atoms with E-state index in [1.807, 2.05) is 37.3 Å². The second-order valence-electron chi connectivity index (χ2n) is 5.38. The van der Waals surface area contributed by atoms with Gasteiger partial charge in [-0.25, -0.2) is 4.99 Å². The van der Waals surface area contributed by atoms with Gasteiger partial charge >= 0.3 is 6.18 Å². The van der Waals surface area contributed by atoms with Crippen molar-refractivity contribution < 1.29 is 18.0 Å². The van der Waals surface area contributed by atoms with E-state index in [-0.39, 0.29) is 25.0 Å². The van der Waals surface area contributed by atoms with Gasteiger partial charge in [-0.15, -0.1) is 0 Å². The van der Waals surface area contributed by atoms with Crippen molar-refractivity contribution >= 4 is 11.9 Å². The average Bonchev–Trinajstić information content (AvgIpc) is 2.57. The number of hydrogen-bond donors (Lipinski definition) is 2. The lowest BCUT2D eigenvalue weighted by Gasteiger charge is -2.20. The maximum absolute atomic E-state index is 12.3. The molecule has 0 bridgehead atoms. The maximum atomic E-state index is 12.3. The van der Waals surface area contributed by atoms with E-state index in [2.05, 4.69) is 15.6 Å². The third-order valence-electron chi connectivity index (χ3n) is 3.37. The molecule has 0 unspecified atom stereocenters. The van der Waals surface area contributed by atoms with Crippen LogP contribution in [0.3, 0.4) is 0 Å². The van der Waals surface area contributed by atoms with Crippen molar-refractivity contribution in [2.45, 2.75) is 33.0 Å². The van der Waals surface area contributed by atoms with E-state index >= 15 is 0 Å². The largest absolute Gasteiger partial charge is 0.390 e. The number of hydrogen-bond acceptors (Lipinski definition) is 2. The van der Waals surface area contributed by atoms with E-state index < -0.39 is 12.6 Å². The Balaban J connectivity index is 2.58. The normalized spacial score (nSPS) is 12.0. The standard InChI is InChI=1S/C17H25F3N4O/c1-3-21-16(22-11-10-17(18,19)20)23-12-15(25)24(4-2)13-14-8-6-5-7-9-14/h5-9H,3-4,10-13H2,1-2H3,(H2,21,22,23). The first-order valence-electron chi connectivity index (χ1n) is 8.26. The summed E-state index contributed by atoms with van der Waals surface area (Å²) in [4.78, 5) is 18.0. The quantitative estimate of drug-likeness (QED) is 0.555. The molecule has 5 nitrogen and oxygen atoms in total. The average molecular weight is 358 g/mol. The second kappa shape index (κ2) is 10.6. The number of amides is 1. The lowest BCUT2D eigenvalue weighted by Crippen LogP contribution is -2.40. The molecule has 1 rings (SSSR count). The Labute approximate surface area is 146 Å². The van der Waals surface area contributed by atoms with Crippen LogP contribution in [0.25, 0.3) is 0 Å². The van der Waals surface area contributed by atoms with Crippen LogP contribution in [-0.2, 0) is 11.3 Å². The molecular formula is C17H25F3N4O. The van der Waals surface area contributed by atoms with Gasteiger partial charge in [-0.3, -0.25) is 4.79 Å². The summed E-state index contributed by atoms with van der Waals surface area (Å²) in [5.41, 5.74) is 1.01. The first kappa shape index (κ1) is 20.8. The molecule has 8 heteroatoms. The van der Waals surface area contributed by atoms with Gasteiger partial charge in [-0.1, -0.05) is 30.3 Å². The highest BCUT2D eigenvalue weighted by Gasteiger charge is 2.26. The number of nitrogens with one attached hydrogen (secondary N) is 2. The Morgan fingerprint density at radius 1 is 1.16 bits per heavy atom. The molecule has 0 spiro atoms. The van der Waals surface area contributed by atoms with Gasteiger partial charge in [-0.2, -0.15) is 13.2 Å². The number of carbonyl (C=O) groups is 1. The maximum Gasteiger partial charge on any atom is 0.390 e. The highest BCUT2D eigenvalue weighted by atomic mass is 19.4. The first-order valence-corrected chi connectivity index (χ1v) is 8.26. The lowest BCUT2D eigenvalue weighted by atomic mass is 10.2. The molecule has 1 aromatic carbocycles. The smallest absolute Gasteiger partial charge is 0.357 e. The van der Waals surface area contributed by atoms with Crippen LogP contribution in [-0.4, -0.2) is 49.1 Å². The molecule has 0 saturated carbocycles. The molecule has 1 aromatic rings. The molecule has 0 saturated heterocycles. The number of guanidine groups is 1. The third-order valence-corrected chi connectivity index (χ3v) is 3.37. The molecule has 0 aliphatic heterocycles. The van der Waals surface area contributed by atoms with Crippen molar-refractivity contribution in [2.24, 2.45) is 4.99 Å². The summed E-state index contributed by atoms with van der Waals surface area (Å²) >= 11 is 0. The number of halogens is 3. The Kier molecular flexibility index (Phi) is 8.80. The highest BCUT2D eigenvalue weighted by molar-refractivity contribution is 5.84. The molecule has 2 N–H and O–H groups in total. The number of likely N-dealkylation sites (N-methyl/N-ethyl adjacent to an activating group) is 1. The van der Waals surface area contributed by atoms with Crippen molar-refractivity contribution in [2.75, 3.05) is 26.2 Å². The van der Waals surface area contributed by atoms with Crippen LogP contribution in [0.5, 0.6) is 0 Å². The van der Waals surface area contributed by atoms with Gasteiger partial charge < -0.3 is 15.5 Å². The van der Waals surface area contributed by atoms with E-state index in [9.17, 15) is 18.0 Å². The van der Waals surface area contributed by atoms with Gasteiger partial charge in [0.15, 0.2) is 5.96 Å². The number of benzene rings is 1. The monoisotopic (exact) mass is 358 g/mol. The van der Waals surface area contributed by atoms with Gasteiger partial charge in [0.2, 0.25) is 5.91 Å². The van der Waals surface area contributed by atoms with Crippen molar-refractivity contribution in [1.82, 2.24) is 15.5 Å². The lowest BCUT2D eigenvalue weighted by molar-refractivity contribution is -0.133. The number of carbonyl (C=O) groups excluding carboxylic acids is 1. The van der Waals surface area contributed by atoms with Crippen molar-refractivity contribution in [3.05, 3.63) is 35.9 Å². The summed E-state index contributed by atoms with van der Waals surface area (Å²) in [6.07, 6.45) is -5.19. The van der Waals surface area contributed by atoms with E-state index in [4.69, 9.17) is 0 Å². The minimum Gasteiger partial charge on any atom is -0.357 e. The zero-order valence-electron chi connectivity index (χ0n) is 14.6. The molecule has 1 amide bonds. The summed E-state index contributed by atoms with van der Waals surface area (Å²) < 4.78 is 36.6. The van der Waals surface area contributed by atoms with Crippen molar-refractivity contribution in [1.29, 1.82) is 0 Å². The fourth-order valence-electron chi connectivity index (χ4n) is 2.09. The van der Waals surface area contributed by atoms with Crippen LogP contribution in [0.4, 0.5) is 13.2 Å². The summed E-state index contributed by atoms with van der Waals surface area (Å²) in [6.45, 7) is 4.76. The van der Waals surface area contributed by atoms with Gasteiger partial charge in [0, 0.05) is 26.2 Å². The van der Waals surface area contributed by atoms with E-state index in [1.54, 1.807) is 11.8 Å². The molecule has 0 atom stereocenters. The Morgan fingerprint density at radius 3 is 2.40 bits per heavy atom. The number of nitrogens with zero attached hydrogens (tertiary/aromatic N) is 2. The summed E-state index contributed by atoms with van der Waals surface area (Å²) in [5.74, 6) is 0.0234. The number of aliphatic imine (C=N–C) groups is 1. The Bertz CT molecular complexity index is 547. The zero-order valence-corrected chi connectivity index (χ0v) is 14.6. The van der Waals surface area contributed by atoms with Crippen LogP contribution >= 0.6 is 0 Å². The van der Waals surface area contributed by atoms with Gasteiger partial charge in [-0.05, 0) is 19.4 Å². The number of rotatable bonds is 8.